The zero-order valence-electron chi connectivity index (χ0n) is 13.8. The average molecular weight is 312 g/mol. The van der Waals surface area contributed by atoms with Gasteiger partial charge in [-0.25, -0.2) is 4.68 Å². The minimum atomic E-state index is 0.0648. The van der Waals surface area contributed by atoms with Crippen LogP contribution in [-0.2, 0) is 0 Å². The molecule has 23 heavy (non-hydrogen) atoms. The smallest absolute Gasteiger partial charge is 0.257 e. The van der Waals surface area contributed by atoms with Crippen LogP contribution in [0.15, 0.2) is 36.5 Å². The lowest BCUT2D eigenvalue weighted by Gasteiger charge is -2.34. The zero-order valence-corrected chi connectivity index (χ0v) is 13.8. The van der Waals surface area contributed by atoms with Gasteiger partial charge in [0.1, 0.15) is 0 Å². The number of benzene rings is 1. The zero-order chi connectivity index (χ0) is 16.4. The molecule has 1 amide bonds. The highest BCUT2D eigenvalue weighted by Crippen LogP contribution is 2.22. The van der Waals surface area contributed by atoms with Gasteiger partial charge in [-0.15, -0.1) is 0 Å². The van der Waals surface area contributed by atoms with E-state index in [9.17, 15) is 4.79 Å². The van der Waals surface area contributed by atoms with Gasteiger partial charge in [0.05, 0.1) is 16.9 Å². The maximum atomic E-state index is 12.9. The summed E-state index contributed by atoms with van der Waals surface area (Å²) < 4.78 is 1.77. The lowest BCUT2D eigenvalue weighted by molar-refractivity contribution is 0.0660. The van der Waals surface area contributed by atoms with E-state index in [1.807, 2.05) is 55.3 Å². The van der Waals surface area contributed by atoms with Gasteiger partial charge in [-0.1, -0.05) is 18.2 Å². The predicted octanol–water partition coefficient (Wildman–Crippen LogP) is 2.38. The number of hydrogen-bond donors (Lipinski definition) is 1. The van der Waals surface area contributed by atoms with E-state index in [2.05, 4.69) is 5.10 Å². The molecule has 1 saturated heterocycles. The first-order valence-electron chi connectivity index (χ1n) is 8.23. The van der Waals surface area contributed by atoms with Gasteiger partial charge in [-0.05, 0) is 44.7 Å². The number of piperidine rings is 1. The molecule has 1 aliphatic heterocycles. The van der Waals surface area contributed by atoms with Crippen molar-refractivity contribution >= 4 is 5.91 Å². The highest BCUT2D eigenvalue weighted by molar-refractivity contribution is 5.95. The number of hydrogen-bond acceptors (Lipinski definition) is 3. The molecule has 1 aliphatic rings. The highest BCUT2D eigenvalue weighted by atomic mass is 16.2. The second-order valence-corrected chi connectivity index (χ2v) is 6.42. The van der Waals surface area contributed by atoms with Crippen LogP contribution in [0.5, 0.6) is 0 Å². The third kappa shape index (κ3) is 3.29. The van der Waals surface area contributed by atoms with Gasteiger partial charge in [0.25, 0.3) is 5.91 Å². The van der Waals surface area contributed by atoms with Gasteiger partial charge in [-0.2, -0.15) is 5.10 Å². The van der Waals surface area contributed by atoms with Gasteiger partial charge in [0, 0.05) is 25.3 Å². The SMILES string of the molecule is Cc1nn(-c2ccccc2)cc1C(=O)N1CCC[C@@H]([C@@H](C)N)C1. The van der Waals surface area contributed by atoms with E-state index in [0.29, 0.717) is 11.5 Å². The largest absolute Gasteiger partial charge is 0.338 e. The Kier molecular flexibility index (Phi) is 4.48. The first-order valence-corrected chi connectivity index (χ1v) is 8.23. The molecule has 0 aliphatic carbocycles. The molecule has 0 radical (unpaired) electrons. The van der Waals surface area contributed by atoms with Crippen molar-refractivity contribution < 1.29 is 4.79 Å². The summed E-state index contributed by atoms with van der Waals surface area (Å²) in [4.78, 5) is 14.8. The molecule has 3 rings (SSSR count). The second kappa shape index (κ2) is 6.54. The van der Waals surface area contributed by atoms with Crippen molar-refractivity contribution in [1.29, 1.82) is 0 Å². The van der Waals surface area contributed by atoms with Gasteiger partial charge in [0.15, 0.2) is 0 Å². The Hall–Kier alpha value is -2.14. The van der Waals surface area contributed by atoms with E-state index in [-0.39, 0.29) is 11.9 Å². The number of rotatable bonds is 3. The topological polar surface area (TPSA) is 64.2 Å². The number of para-hydroxylation sites is 1. The van der Waals surface area contributed by atoms with Crippen molar-refractivity contribution in [2.24, 2.45) is 11.7 Å². The summed E-state index contributed by atoms with van der Waals surface area (Å²) in [6.07, 6.45) is 3.95. The van der Waals surface area contributed by atoms with Gasteiger partial charge < -0.3 is 10.6 Å². The van der Waals surface area contributed by atoms with E-state index in [0.717, 1.165) is 37.3 Å². The van der Waals surface area contributed by atoms with Gasteiger partial charge in [-0.3, -0.25) is 4.79 Å². The Morgan fingerprint density at radius 1 is 1.35 bits per heavy atom. The molecule has 0 spiro atoms. The van der Waals surface area contributed by atoms with Gasteiger partial charge in [0.2, 0.25) is 0 Å². The van der Waals surface area contributed by atoms with Crippen molar-refractivity contribution in [3.63, 3.8) is 0 Å². The van der Waals surface area contributed by atoms with E-state index < -0.39 is 0 Å². The summed E-state index contributed by atoms with van der Waals surface area (Å²) in [6, 6.07) is 9.98. The molecule has 0 unspecified atom stereocenters. The molecule has 5 heteroatoms. The lowest BCUT2D eigenvalue weighted by atomic mass is 9.92. The maximum absolute atomic E-state index is 12.9. The van der Waals surface area contributed by atoms with E-state index >= 15 is 0 Å². The Labute approximate surface area is 137 Å². The molecule has 2 N–H and O–H groups in total. The fraction of sp³-hybridized carbons (Fsp3) is 0.444. The molecule has 2 aromatic rings. The van der Waals surface area contributed by atoms with Crippen molar-refractivity contribution in [1.82, 2.24) is 14.7 Å². The van der Waals surface area contributed by atoms with Crippen LogP contribution in [0.1, 0.15) is 35.8 Å². The standard InChI is InChI=1S/C18H24N4O/c1-13(19)15-7-6-10-21(11-15)18(23)17-12-22(20-14(17)2)16-8-4-3-5-9-16/h3-5,8-9,12-13,15H,6-7,10-11,19H2,1-2H3/t13-,15-/m1/s1. The fourth-order valence-electron chi connectivity index (χ4n) is 3.18. The van der Waals surface area contributed by atoms with E-state index in [1.165, 1.54) is 0 Å². The van der Waals surface area contributed by atoms with Crippen LogP contribution in [0.3, 0.4) is 0 Å². The number of nitrogens with two attached hydrogens (primary N) is 1. The van der Waals surface area contributed by atoms with Crippen LogP contribution in [0, 0.1) is 12.8 Å². The Bertz CT molecular complexity index is 678. The summed E-state index contributed by atoms with van der Waals surface area (Å²) in [5.41, 5.74) is 8.43. The molecule has 1 fully saturated rings. The van der Waals surface area contributed by atoms with Crippen molar-refractivity contribution in [2.45, 2.75) is 32.7 Å². The van der Waals surface area contributed by atoms with Crippen LogP contribution < -0.4 is 5.73 Å². The maximum Gasteiger partial charge on any atom is 0.257 e. The molecule has 1 aromatic heterocycles. The third-order valence-electron chi connectivity index (χ3n) is 4.64. The van der Waals surface area contributed by atoms with Crippen molar-refractivity contribution in [3.05, 3.63) is 47.8 Å². The molecule has 0 saturated carbocycles. The van der Waals surface area contributed by atoms with Crippen LogP contribution in [0.2, 0.25) is 0 Å². The van der Waals surface area contributed by atoms with E-state index in [4.69, 9.17) is 5.73 Å². The minimum absolute atomic E-state index is 0.0648. The van der Waals surface area contributed by atoms with Crippen LogP contribution in [0.4, 0.5) is 0 Å². The summed E-state index contributed by atoms with van der Waals surface area (Å²) in [5, 5.41) is 4.50. The van der Waals surface area contributed by atoms with Crippen LogP contribution in [0.25, 0.3) is 5.69 Å². The van der Waals surface area contributed by atoms with Crippen molar-refractivity contribution in [2.75, 3.05) is 13.1 Å². The quantitative estimate of drug-likeness (QED) is 0.946. The average Bonchev–Trinajstić information content (AvgIpc) is 2.97. The molecule has 0 bridgehead atoms. The number of carbonyl (C=O) groups excluding carboxylic acids is 1. The molecule has 2 heterocycles. The van der Waals surface area contributed by atoms with E-state index in [1.54, 1.807) is 4.68 Å². The number of aromatic nitrogens is 2. The minimum Gasteiger partial charge on any atom is -0.338 e. The van der Waals surface area contributed by atoms with Crippen LogP contribution in [-0.4, -0.2) is 39.7 Å². The third-order valence-corrected chi connectivity index (χ3v) is 4.64. The Morgan fingerprint density at radius 2 is 2.09 bits per heavy atom. The number of nitrogens with zero attached hydrogens (tertiary/aromatic N) is 3. The number of carbonyl (C=O) groups is 1. The normalized spacial score (nSPS) is 19.6. The summed E-state index contributed by atoms with van der Waals surface area (Å²) in [5.74, 6) is 0.451. The first kappa shape index (κ1) is 15.7. The Balaban J connectivity index is 1.81. The number of likely N-dealkylation sites (tertiary alicyclic amines) is 1. The Morgan fingerprint density at radius 3 is 2.78 bits per heavy atom. The number of amides is 1. The molecular weight excluding hydrogens is 288 g/mol. The monoisotopic (exact) mass is 312 g/mol. The molecular formula is C18H24N4O. The van der Waals surface area contributed by atoms with Crippen molar-refractivity contribution in [3.8, 4) is 5.69 Å². The summed E-state index contributed by atoms with van der Waals surface area (Å²) >= 11 is 0. The lowest BCUT2D eigenvalue weighted by Crippen LogP contribution is -2.45. The molecule has 1 aromatic carbocycles. The second-order valence-electron chi connectivity index (χ2n) is 6.42. The van der Waals surface area contributed by atoms with Crippen LogP contribution >= 0.6 is 0 Å². The summed E-state index contributed by atoms with van der Waals surface area (Å²) in [6.45, 7) is 5.46. The molecule has 2 atom stereocenters. The first-order chi connectivity index (χ1) is 11.1. The fourth-order valence-corrected chi connectivity index (χ4v) is 3.18. The predicted molar refractivity (Wildman–Crippen MR) is 90.6 cm³/mol. The molecule has 122 valence electrons. The highest BCUT2D eigenvalue weighted by Gasteiger charge is 2.28. The molecule has 5 nitrogen and oxygen atoms in total. The number of aryl methyl sites for hydroxylation is 1. The summed E-state index contributed by atoms with van der Waals surface area (Å²) in [7, 11) is 0. The van der Waals surface area contributed by atoms with Gasteiger partial charge >= 0.3 is 0 Å².